The molecule has 1 aliphatic rings. The topological polar surface area (TPSA) is 22.1 Å². The molecule has 1 atom stereocenters. The van der Waals surface area contributed by atoms with Gasteiger partial charge in [0.1, 0.15) is 5.75 Å². The average molecular weight is 285 g/mol. The van der Waals surface area contributed by atoms with Gasteiger partial charge in [-0.15, -0.1) is 0 Å². The lowest BCUT2D eigenvalue weighted by Gasteiger charge is -2.21. The van der Waals surface area contributed by atoms with Gasteiger partial charge in [-0.2, -0.15) is 13.2 Å². The van der Waals surface area contributed by atoms with E-state index in [1.54, 1.807) is 19.4 Å². The molecule has 1 aromatic rings. The zero-order valence-corrected chi connectivity index (χ0v) is 11.8. The molecular formula is C15H18F3NO. The van der Waals surface area contributed by atoms with Crippen molar-refractivity contribution in [2.75, 3.05) is 7.11 Å². The number of aryl methyl sites for hydroxylation is 1. The maximum Gasteiger partial charge on any atom is 0.457 e. The number of halogens is 3. The highest BCUT2D eigenvalue weighted by molar-refractivity contribution is 5.38. The molecular weight excluding hydrogens is 267 g/mol. The molecule has 5 heteroatoms. The highest BCUT2D eigenvalue weighted by atomic mass is 19.4. The molecule has 0 radical (unpaired) electrons. The molecule has 0 saturated carbocycles. The maximum atomic E-state index is 12.0. The number of hydrogen-bond acceptors (Lipinski definition) is 2. The van der Waals surface area contributed by atoms with Gasteiger partial charge in [-0.05, 0) is 25.3 Å². The Morgan fingerprint density at radius 1 is 1.35 bits per heavy atom. The zero-order valence-electron chi connectivity index (χ0n) is 11.8. The van der Waals surface area contributed by atoms with E-state index in [4.69, 9.17) is 4.74 Å². The van der Waals surface area contributed by atoms with Gasteiger partial charge < -0.3 is 4.74 Å². The summed E-state index contributed by atoms with van der Waals surface area (Å²) in [6.45, 7) is 4.00. The van der Waals surface area contributed by atoms with Crippen molar-refractivity contribution in [2.45, 2.75) is 39.3 Å². The Kier molecular flexibility index (Phi) is 5.87. The van der Waals surface area contributed by atoms with Crippen LogP contribution in [0.5, 0.6) is 5.75 Å². The molecule has 0 N–H and O–H groups in total. The van der Waals surface area contributed by atoms with Crippen LogP contribution in [0.1, 0.15) is 31.5 Å². The lowest BCUT2D eigenvalue weighted by Crippen LogP contribution is -2.16. The van der Waals surface area contributed by atoms with Crippen molar-refractivity contribution < 1.29 is 17.9 Å². The predicted molar refractivity (Wildman–Crippen MR) is 71.5 cm³/mol. The first-order chi connectivity index (χ1) is 9.49. The van der Waals surface area contributed by atoms with Crippen molar-refractivity contribution in [1.29, 1.82) is 0 Å². The summed E-state index contributed by atoms with van der Waals surface area (Å²) in [7, 11) is 1.54. The Labute approximate surface area is 117 Å². The van der Waals surface area contributed by atoms with E-state index < -0.39 is 6.18 Å². The quantitative estimate of drug-likeness (QED) is 0.732. The van der Waals surface area contributed by atoms with Gasteiger partial charge in [-0.25, -0.2) is 0 Å². The molecule has 0 aromatic carbocycles. The normalized spacial score (nSPS) is 17.0. The van der Waals surface area contributed by atoms with E-state index in [0.29, 0.717) is 25.0 Å². The largest absolute Gasteiger partial charge is 0.496 e. The molecule has 1 aliphatic carbocycles. The minimum absolute atomic E-state index is 0.280. The third kappa shape index (κ3) is 4.44. The summed E-state index contributed by atoms with van der Waals surface area (Å²) in [5.74, 6) is 4.04. The van der Waals surface area contributed by atoms with Crippen LogP contribution in [-0.4, -0.2) is 18.3 Å². The van der Waals surface area contributed by atoms with Crippen molar-refractivity contribution >= 4 is 0 Å². The van der Waals surface area contributed by atoms with Gasteiger partial charge in [-0.3, -0.25) is 4.98 Å². The average Bonchev–Trinajstić information content (AvgIpc) is 2.45. The van der Waals surface area contributed by atoms with Crippen LogP contribution >= 0.6 is 0 Å². The van der Waals surface area contributed by atoms with Crippen molar-refractivity contribution in [3.63, 3.8) is 0 Å². The van der Waals surface area contributed by atoms with Crippen LogP contribution in [0, 0.1) is 17.8 Å². The Hall–Kier alpha value is -1.70. The molecule has 110 valence electrons. The lowest BCUT2D eigenvalue weighted by atomic mass is 9.86. The van der Waals surface area contributed by atoms with Crippen LogP contribution < -0.4 is 4.74 Å². The molecule has 0 bridgehead atoms. The standard InChI is InChI=1S/C13H12F3NO.C2H6/c1-18-12-5-7-17-11-3-2-9(8-10(11)12)4-6-13(14,15)16;1-2/h5,7,9H,2-3,8H2,1H3;1-2H3. The third-order valence-corrected chi connectivity index (χ3v) is 2.92. The van der Waals surface area contributed by atoms with E-state index in [9.17, 15) is 13.2 Å². The highest BCUT2D eigenvalue weighted by Crippen LogP contribution is 2.30. The van der Waals surface area contributed by atoms with E-state index in [0.717, 1.165) is 11.3 Å². The number of ether oxygens (including phenoxy) is 1. The monoisotopic (exact) mass is 285 g/mol. The van der Waals surface area contributed by atoms with Crippen LogP contribution in [0.2, 0.25) is 0 Å². The number of hydrogen-bond donors (Lipinski definition) is 0. The van der Waals surface area contributed by atoms with Crippen LogP contribution in [0.4, 0.5) is 13.2 Å². The van der Waals surface area contributed by atoms with E-state index in [2.05, 4.69) is 10.9 Å². The van der Waals surface area contributed by atoms with Crippen LogP contribution in [0.25, 0.3) is 0 Å². The first kappa shape index (κ1) is 16.4. The molecule has 20 heavy (non-hydrogen) atoms. The molecule has 2 nitrogen and oxygen atoms in total. The summed E-state index contributed by atoms with van der Waals surface area (Å²) in [4.78, 5) is 4.22. The number of nitrogens with zero attached hydrogens (tertiary/aromatic N) is 1. The maximum absolute atomic E-state index is 12.0. The van der Waals surface area contributed by atoms with E-state index >= 15 is 0 Å². The molecule has 0 amide bonds. The number of pyridine rings is 1. The smallest absolute Gasteiger partial charge is 0.457 e. The number of alkyl halides is 3. The van der Waals surface area contributed by atoms with Crippen molar-refractivity contribution in [3.05, 3.63) is 23.5 Å². The number of fused-ring (bicyclic) bond motifs is 1. The predicted octanol–water partition coefficient (Wildman–Crippen LogP) is 3.79. The van der Waals surface area contributed by atoms with Gasteiger partial charge in [0, 0.05) is 29.3 Å². The Balaban J connectivity index is 0.000000956. The fourth-order valence-electron chi connectivity index (χ4n) is 2.11. The third-order valence-electron chi connectivity index (χ3n) is 2.92. The number of methoxy groups -OCH3 is 1. The van der Waals surface area contributed by atoms with Crippen LogP contribution in [-0.2, 0) is 12.8 Å². The molecule has 1 unspecified atom stereocenters. The Morgan fingerprint density at radius 3 is 2.65 bits per heavy atom. The summed E-state index contributed by atoms with van der Waals surface area (Å²) in [5.41, 5.74) is 1.78. The molecule has 0 aliphatic heterocycles. The van der Waals surface area contributed by atoms with Crippen molar-refractivity contribution in [2.24, 2.45) is 5.92 Å². The van der Waals surface area contributed by atoms with Gasteiger partial charge in [0.05, 0.1) is 7.11 Å². The zero-order chi connectivity index (χ0) is 15.2. The number of rotatable bonds is 1. The molecule has 0 spiro atoms. The second kappa shape index (κ2) is 7.18. The highest BCUT2D eigenvalue weighted by Gasteiger charge is 2.25. The first-order valence-electron chi connectivity index (χ1n) is 6.60. The Bertz CT molecular complexity index is 486. The molecule has 1 aromatic heterocycles. The second-order valence-electron chi connectivity index (χ2n) is 4.15. The SMILES string of the molecule is CC.COc1ccnc2c1CC(C#CC(F)(F)F)CC2. The second-order valence-corrected chi connectivity index (χ2v) is 4.15. The first-order valence-corrected chi connectivity index (χ1v) is 6.60. The fraction of sp³-hybridized carbons (Fsp3) is 0.533. The van der Waals surface area contributed by atoms with Crippen LogP contribution in [0.15, 0.2) is 12.3 Å². The van der Waals surface area contributed by atoms with Crippen molar-refractivity contribution in [1.82, 2.24) is 4.98 Å². The van der Waals surface area contributed by atoms with Gasteiger partial charge in [0.15, 0.2) is 0 Å². The molecule has 1 heterocycles. The lowest BCUT2D eigenvalue weighted by molar-refractivity contribution is -0.0698. The molecule has 0 fully saturated rings. The van der Waals surface area contributed by atoms with E-state index in [1.165, 1.54) is 5.92 Å². The molecule has 0 saturated heterocycles. The summed E-state index contributed by atoms with van der Waals surface area (Å²) < 4.78 is 41.3. The van der Waals surface area contributed by atoms with E-state index in [-0.39, 0.29) is 5.92 Å². The molecule has 2 rings (SSSR count). The van der Waals surface area contributed by atoms with Gasteiger partial charge in [-0.1, -0.05) is 19.8 Å². The Morgan fingerprint density at radius 2 is 2.05 bits per heavy atom. The van der Waals surface area contributed by atoms with Crippen LogP contribution in [0.3, 0.4) is 0 Å². The van der Waals surface area contributed by atoms with Crippen molar-refractivity contribution in [3.8, 4) is 17.6 Å². The number of aromatic nitrogens is 1. The summed E-state index contributed by atoms with van der Waals surface area (Å²) >= 11 is 0. The fourth-order valence-corrected chi connectivity index (χ4v) is 2.11. The minimum atomic E-state index is -4.42. The van der Waals surface area contributed by atoms with Gasteiger partial charge in [0.25, 0.3) is 0 Å². The summed E-state index contributed by atoms with van der Waals surface area (Å²) in [5, 5.41) is 0. The van der Waals surface area contributed by atoms with E-state index in [1.807, 2.05) is 13.8 Å². The van der Waals surface area contributed by atoms with Gasteiger partial charge >= 0.3 is 6.18 Å². The van der Waals surface area contributed by atoms with Gasteiger partial charge in [0.2, 0.25) is 0 Å². The summed E-state index contributed by atoms with van der Waals surface area (Å²) in [6, 6.07) is 1.72. The minimum Gasteiger partial charge on any atom is -0.496 e. The summed E-state index contributed by atoms with van der Waals surface area (Å²) in [6.07, 6.45) is -1.05.